The zero-order valence-electron chi connectivity index (χ0n) is 18.5. The molecular weight excluding hydrogens is 420 g/mol. The molecule has 172 valence electrons. The van der Waals surface area contributed by atoms with E-state index in [0.29, 0.717) is 25.2 Å². The predicted molar refractivity (Wildman–Crippen MR) is 123 cm³/mol. The van der Waals surface area contributed by atoms with Crippen molar-refractivity contribution in [3.63, 3.8) is 0 Å². The van der Waals surface area contributed by atoms with Gasteiger partial charge < -0.3 is 15.0 Å². The third-order valence-corrected chi connectivity index (χ3v) is 6.39. The summed E-state index contributed by atoms with van der Waals surface area (Å²) in [4.78, 5) is 34.1. The normalized spacial score (nSPS) is 16.5. The summed E-state index contributed by atoms with van der Waals surface area (Å²) in [6.07, 6.45) is 4.68. The van der Waals surface area contributed by atoms with Crippen LogP contribution < -0.4 is 5.32 Å². The van der Waals surface area contributed by atoms with Crippen molar-refractivity contribution in [3.8, 4) is 0 Å². The number of amides is 2. The van der Waals surface area contributed by atoms with Crippen LogP contribution in [0.25, 0.3) is 11.0 Å². The molecule has 4 heterocycles. The number of aromatic nitrogens is 3. The molecule has 2 amide bonds. The van der Waals surface area contributed by atoms with E-state index in [0.717, 1.165) is 61.4 Å². The Kier molecular flexibility index (Phi) is 6.32. The van der Waals surface area contributed by atoms with E-state index in [4.69, 9.17) is 4.74 Å². The van der Waals surface area contributed by atoms with Crippen LogP contribution in [-0.2, 0) is 28.9 Å². The Morgan fingerprint density at radius 2 is 2.03 bits per heavy atom. The number of ether oxygens (including phenoxy) is 1. The SMILES string of the molecule is O=C(NCCN1CCOCC1)c1cccc(CC(=O)N2CCc3c(cnc4[nH]ncc34)C2)c1. The fraction of sp³-hybridized carbons (Fsp3) is 0.417. The Balaban J connectivity index is 1.17. The van der Waals surface area contributed by atoms with Gasteiger partial charge in [-0.15, -0.1) is 0 Å². The molecule has 1 fully saturated rings. The number of aromatic amines is 1. The maximum Gasteiger partial charge on any atom is 0.251 e. The maximum atomic E-state index is 13.0. The molecule has 9 heteroatoms. The first-order chi connectivity index (χ1) is 16.2. The molecular formula is C24H28N6O3. The van der Waals surface area contributed by atoms with Gasteiger partial charge in [0, 0.05) is 56.4 Å². The van der Waals surface area contributed by atoms with Crippen LogP contribution in [0.15, 0.2) is 36.7 Å². The second-order valence-corrected chi connectivity index (χ2v) is 8.55. The molecule has 0 aliphatic carbocycles. The molecule has 0 spiro atoms. The van der Waals surface area contributed by atoms with E-state index in [-0.39, 0.29) is 18.2 Å². The van der Waals surface area contributed by atoms with Gasteiger partial charge in [0.05, 0.1) is 25.8 Å². The molecule has 3 aromatic rings. The Hall–Kier alpha value is -3.30. The fourth-order valence-electron chi connectivity index (χ4n) is 4.53. The van der Waals surface area contributed by atoms with Crippen molar-refractivity contribution >= 4 is 22.8 Å². The molecule has 1 saturated heterocycles. The van der Waals surface area contributed by atoms with Crippen LogP contribution in [0.4, 0.5) is 0 Å². The molecule has 2 aliphatic rings. The molecule has 0 atom stereocenters. The molecule has 0 saturated carbocycles. The van der Waals surface area contributed by atoms with Crippen LogP contribution in [0.1, 0.15) is 27.0 Å². The average Bonchev–Trinajstić information content (AvgIpc) is 3.34. The lowest BCUT2D eigenvalue weighted by atomic mass is 9.98. The second kappa shape index (κ2) is 9.68. The molecule has 2 aliphatic heterocycles. The highest BCUT2D eigenvalue weighted by molar-refractivity contribution is 5.94. The summed E-state index contributed by atoms with van der Waals surface area (Å²) in [6.45, 7) is 5.90. The van der Waals surface area contributed by atoms with Crippen LogP contribution >= 0.6 is 0 Å². The zero-order chi connectivity index (χ0) is 22.6. The summed E-state index contributed by atoms with van der Waals surface area (Å²) in [7, 11) is 0. The first-order valence-corrected chi connectivity index (χ1v) is 11.4. The lowest BCUT2D eigenvalue weighted by molar-refractivity contribution is -0.131. The average molecular weight is 449 g/mol. The summed E-state index contributed by atoms with van der Waals surface area (Å²) in [5.41, 5.74) is 4.49. The van der Waals surface area contributed by atoms with Crippen LogP contribution in [0.3, 0.4) is 0 Å². The number of nitrogens with zero attached hydrogens (tertiary/aromatic N) is 4. The zero-order valence-corrected chi connectivity index (χ0v) is 18.5. The summed E-state index contributed by atoms with van der Waals surface area (Å²) >= 11 is 0. The molecule has 2 N–H and O–H groups in total. The van der Waals surface area contributed by atoms with E-state index in [1.165, 1.54) is 5.56 Å². The molecule has 9 nitrogen and oxygen atoms in total. The predicted octanol–water partition coefficient (Wildman–Crippen LogP) is 1.15. The molecule has 5 rings (SSSR count). The summed E-state index contributed by atoms with van der Waals surface area (Å²) in [5, 5.41) is 11.0. The monoisotopic (exact) mass is 448 g/mol. The summed E-state index contributed by atoms with van der Waals surface area (Å²) < 4.78 is 5.35. The first kappa shape index (κ1) is 21.5. The quantitative estimate of drug-likeness (QED) is 0.586. The minimum Gasteiger partial charge on any atom is -0.379 e. The molecule has 2 aromatic heterocycles. The van der Waals surface area contributed by atoms with E-state index in [9.17, 15) is 9.59 Å². The number of carbonyl (C=O) groups is 2. The van der Waals surface area contributed by atoms with Gasteiger partial charge in [0.25, 0.3) is 5.91 Å². The molecule has 0 radical (unpaired) electrons. The Bertz CT molecular complexity index is 1150. The lowest BCUT2D eigenvalue weighted by Crippen LogP contribution is -2.41. The maximum absolute atomic E-state index is 13.0. The Morgan fingerprint density at radius 1 is 1.15 bits per heavy atom. The Labute approximate surface area is 192 Å². The van der Waals surface area contributed by atoms with E-state index in [1.807, 2.05) is 29.3 Å². The number of H-pyrrole nitrogens is 1. The largest absolute Gasteiger partial charge is 0.379 e. The fourth-order valence-corrected chi connectivity index (χ4v) is 4.53. The number of hydrogen-bond donors (Lipinski definition) is 2. The highest BCUT2D eigenvalue weighted by Crippen LogP contribution is 2.25. The van der Waals surface area contributed by atoms with E-state index < -0.39 is 0 Å². The lowest BCUT2D eigenvalue weighted by Gasteiger charge is -2.29. The van der Waals surface area contributed by atoms with Gasteiger partial charge in [-0.25, -0.2) is 4.98 Å². The molecule has 1 aromatic carbocycles. The van der Waals surface area contributed by atoms with Crippen molar-refractivity contribution in [1.29, 1.82) is 0 Å². The van der Waals surface area contributed by atoms with Gasteiger partial charge in [-0.05, 0) is 35.2 Å². The van der Waals surface area contributed by atoms with Crippen molar-refractivity contribution in [2.24, 2.45) is 0 Å². The van der Waals surface area contributed by atoms with Crippen molar-refractivity contribution in [2.75, 3.05) is 45.9 Å². The standard InChI is InChI=1S/C24H28N6O3/c31-22(30-6-4-20-19(16-30)14-26-23-21(20)15-27-28-23)13-17-2-1-3-18(12-17)24(32)25-5-7-29-8-10-33-11-9-29/h1-3,12,14-15H,4-11,13,16H2,(H,25,32)(H,26,27,28). The number of pyridine rings is 1. The number of carbonyl (C=O) groups excluding carboxylic acids is 2. The van der Waals surface area contributed by atoms with Gasteiger partial charge in [-0.1, -0.05) is 12.1 Å². The van der Waals surface area contributed by atoms with Crippen LogP contribution in [0, 0.1) is 0 Å². The third kappa shape index (κ3) is 4.89. The van der Waals surface area contributed by atoms with Crippen LogP contribution in [0.2, 0.25) is 0 Å². The Morgan fingerprint density at radius 3 is 2.91 bits per heavy atom. The molecule has 0 bridgehead atoms. The van der Waals surface area contributed by atoms with E-state index >= 15 is 0 Å². The molecule has 33 heavy (non-hydrogen) atoms. The van der Waals surface area contributed by atoms with Crippen molar-refractivity contribution in [1.82, 2.24) is 30.3 Å². The first-order valence-electron chi connectivity index (χ1n) is 11.4. The highest BCUT2D eigenvalue weighted by atomic mass is 16.5. The third-order valence-electron chi connectivity index (χ3n) is 6.39. The number of fused-ring (bicyclic) bond motifs is 3. The van der Waals surface area contributed by atoms with Crippen LogP contribution in [0.5, 0.6) is 0 Å². The number of rotatable bonds is 6. The van der Waals surface area contributed by atoms with Gasteiger partial charge in [-0.2, -0.15) is 5.10 Å². The van der Waals surface area contributed by atoms with Crippen LogP contribution in [-0.4, -0.2) is 82.7 Å². The van der Waals surface area contributed by atoms with Crippen molar-refractivity contribution < 1.29 is 14.3 Å². The highest BCUT2D eigenvalue weighted by Gasteiger charge is 2.23. The van der Waals surface area contributed by atoms with Gasteiger partial charge in [0.2, 0.25) is 5.91 Å². The van der Waals surface area contributed by atoms with Gasteiger partial charge in [-0.3, -0.25) is 19.6 Å². The second-order valence-electron chi connectivity index (χ2n) is 8.55. The minimum atomic E-state index is -0.111. The number of morpholine rings is 1. The smallest absolute Gasteiger partial charge is 0.251 e. The van der Waals surface area contributed by atoms with Gasteiger partial charge in [0.15, 0.2) is 5.65 Å². The van der Waals surface area contributed by atoms with Gasteiger partial charge >= 0.3 is 0 Å². The van der Waals surface area contributed by atoms with E-state index in [2.05, 4.69) is 25.4 Å². The van der Waals surface area contributed by atoms with Crippen molar-refractivity contribution in [2.45, 2.75) is 19.4 Å². The number of hydrogen-bond acceptors (Lipinski definition) is 6. The summed E-state index contributed by atoms with van der Waals surface area (Å²) in [5.74, 6) is -0.0579. The minimum absolute atomic E-state index is 0.0535. The van der Waals surface area contributed by atoms with E-state index in [1.54, 1.807) is 12.3 Å². The molecule has 0 unspecified atom stereocenters. The topological polar surface area (TPSA) is 103 Å². The number of benzene rings is 1. The van der Waals surface area contributed by atoms with Gasteiger partial charge in [0.1, 0.15) is 0 Å². The van der Waals surface area contributed by atoms with Crippen molar-refractivity contribution in [3.05, 3.63) is 58.9 Å². The summed E-state index contributed by atoms with van der Waals surface area (Å²) in [6, 6.07) is 7.34. The number of nitrogens with one attached hydrogen (secondary N) is 2.